The van der Waals surface area contributed by atoms with E-state index in [2.05, 4.69) is 44.8 Å². The van der Waals surface area contributed by atoms with Crippen LogP contribution >= 0.6 is 0 Å². The maximum atomic E-state index is 11.9. The number of carbonyl (C=O) groups excluding carboxylic acids is 1. The smallest absolute Gasteiger partial charge is 0.221 e. The molecule has 0 aromatic heterocycles. The molecule has 0 aliphatic rings. The number of rotatable bonds is 9. The van der Waals surface area contributed by atoms with Crippen molar-refractivity contribution in [2.45, 2.75) is 53.9 Å². The van der Waals surface area contributed by atoms with E-state index in [-0.39, 0.29) is 16.7 Å². The van der Waals surface area contributed by atoms with Gasteiger partial charge in [0, 0.05) is 19.5 Å². The fourth-order valence-electron chi connectivity index (χ4n) is 2.69. The summed E-state index contributed by atoms with van der Waals surface area (Å²) < 4.78 is 0. The predicted molar refractivity (Wildman–Crippen MR) is 86.6 cm³/mol. The molecule has 0 fully saturated rings. The number of amides is 1. The number of hydrogen-bond donors (Lipinski definition) is 2. The van der Waals surface area contributed by atoms with Crippen molar-refractivity contribution in [3.63, 3.8) is 0 Å². The van der Waals surface area contributed by atoms with E-state index in [4.69, 9.17) is 5.73 Å². The summed E-state index contributed by atoms with van der Waals surface area (Å²) in [7, 11) is 2.03. The number of hydrogen-bond acceptors (Lipinski definition) is 3. The minimum atomic E-state index is 0.138. The zero-order valence-electron chi connectivity index (χ0n) is 14.4. The Kier molecular flexibility index (Phi) is 8.36. The molecular weight excluding hydrogens is 250 g/mol. The molecule has 0 unspecified atom stereocenters. The van der Waals surface area contributed by atoms with Crippen molar-refractivity contribution in [1.29, 1.82) is 0 Å². The minimum Gasteiger partial charge on any atom is -0.356 e. The third kappa shape index (κ3) is 11.2. The molecule has 1 amide bonds. The van der Waals surface area contributed by atoms with E-state index in [9.17, 15) is 4.79 Å². The van der Waals surface area contributed by atoms with Crippen molar-refractivity contribution < 1.29 is 4.79 Å². The largest absolute Gasteiger partial charge is 0.356 e. The summed E-state index contributed by atoms with van der Waals surface area (Å²) in [5.41, 5.74) is 5.90. The van der Waals surface area contributed by atoms with Gasteiger partial charge in [0.1, 0.15) is 0 Å². The Labute approximate surface area is 125 Å². The van der Waals surface area contributed by atoms with Crippen molar-refractivity contribution >= 4 is 5.91 Å². The molecule has 0 bridgehead atoms. The maximum Gasteiger partial charge on any atom is 0.221 e. The van der Waals surface area contributed by atoms with Crippen LogP contribution in [0.2, 0.25) is 0 Å². The molecule has 4 nitrogen and oxygen atoms in total. The van der Waals surface area contributed by atoms with Gasteiger partial charge in [-0.1, -0.05) is 34.6 Å². The Morgan fingerprint density at radius 2 is 1.75 bits per heavy atom. The van der Waals surface area contributed by atoms with Gasteiger partial charge in [-0.15, -0.1) is 0 Å². The zero-order valence-corrected chi connectivity index (χ0v) is 14.4. The van der Waals surface area contributed by atoms with Crippen LogP contribution in [-0.4, -0.2) is 44.0 Å². The molecule has 20 heavy (non-hydrogen) atoms. The van der Waals surface area contributed by atoms with Crippen LogP contribution in [0.1, 0.15) is 53.9 Å². The fourth-order valence-corrected chi connectivity index (χ4v) is 2.69. The van der Waals surface area contributed by atoms with E-state index >= 15 is 0 Å². The monoisotopic (exact) mass is 285 g/mol. The van der Waals surface area contributed by atoms with E-state index in [1.54, 1.807) is 0 Å². The van der Waals surface area contributed by atoms with Crippen LogP contribution in [-0.2, 0) is 4.79 Å². The molecule has 0 saturated carbocycles. The summed E-state index contributed by atoms with van der Waals surface area (Å²) in [6.07, 6.45) is 2.64. The van der Waals surface area contributed by atoms with Gasteiger partial charge in [0.15, 0.2) is 0 Å². The van der Waals surface area contributed by atoms with Gasteiger partial charge in [-0.3, -0.25) is 4.79 Å². The van der Waals surface area contributed by atoms with E-state index in [1.807, 2.05) is 7.05 Å². The topological polar surface area (TPSA) is 58.4 Å². The van der Waals surface area contributed by atoms with E-state index in [0.29, 0.717) is 13.0 Å². The molecule has 0 aromatic carbocycles. The lowest BCUT2D eigenvalue weighted by Crippen LogP contribution is -2.37. The zero-order chi connectivity index (χ0) is 15.8. The Bertz CT molecular complexity index is 282. The third-order valence-electron chi connectivity index (χ3n) is 3.24. The summed E-state index contributed by atoms with van der Waals surface area (Å²) >= 11 is 0. The fraction of sp³-hybridized carbons (Fsp3) is 0.938. The lowest BCUT2D eigenvalue weighted by Gasteiger charge is -2.32. The van der Waals surface area contributed by atoms with Crippen molar-refractivity contribution in [3.8, 4) is 0 Å². The summed E-state index contributed by atoms with van der Waals surface area (Å²) in [4.78, 5) is 14.0. The van der Waals surface area contributed by atoms with Crippen LogP contribution in [0.25, 0.3) is 0 Å². The molecule has 0 aliphatic heterocycles. The summed E-state index contributed by atoms with van der Waals surface area (Å²) in [6, 6.07) is 0. The first-order valence-electron chi connectivity index (χ1n) is 7.71. The first-order chi connectivity index (χ1) is 9.06. The summed E-state index contributed by atoms with van der Waals surface area (Å²) in [5.74, 6) is 0.145. The second-order valence-corrected chi connectivity index (χ2v) is 7.87. The molecule has 0 saturated heterocycles. The maximum absolute atomic E-state index is 11.9. The second-order valence-electron chi connectivity index (χ2n) is 7.87. The van der Waals surface area contributed by atoms with Gasteiger partial charge < -0.3 is 16.0 Å². The Morgan fingerprint density at radius 3 is 2.25 bits per heavy atom. The highest BCUT2D eigenvalue weighted by Gasteiger charge is 2.25. The van der Waals surface area contributed by atoms with Gasteiger partial charge in [-0.05, 0) is 43.8 Å². The molecular formula is C16H35N3O. The van der Waals surface area contributed by atoms with Crippen LogP contribution in [0.5, 0.6) is 0 Å². The molecule has 3 N–H and O–H groups in total. The molecule has 120 valence electrons. The van der Waals surface area contributed by atoms with Gasteiger partial charge in [0.25, 0.3) is 0 Å². The van der Waals surface area contributed by atoms with Crippen LogP contribution in [0.4, 0.5) is 0 Å². The highest BCUT2D eigenvalue weighted by molar-refractivity contribution is 5.76. The lowest BCUT2D eigenvalue weighted by atomic mass is 9.76. The Morgan fingerprint density at radius 1 is 1.15 bits per heavy atom. The quantitative estimate of drug-likeness (QED) is 0.683. The minimum absolute atomic E-state index is 0.138. The van der Waals surface area contributed by atoms with Crippen LogP contribution < -0.4 is 11.1 Å². The standard InChI is InChI=1S/C16H35N3O/c1-15(2,3)12-16(4,5)13-18-14(20)8-11-19(6)10-7-9-17/h7-13,17H2,1-6H3,(H,18,20). The van der Waals surface area contributed by atoms with Gasteiger partial charge >= 0.3 is 0 Å². The van der Waals surface area contributed by atoms with E-state index < -0.39 is 0 Å². The van der Waals surface area contributed by atoms with Crippen LogP contribution in [0.3, 0.4) is 0 Å². The molecule has 0 atom stereocenters. The normalized spacial score (nSPS) is 12.8. The molecule has 0 rings (SSSR count). The van der Waals surface area contributed by atoms with Crippen LogP contribution in [0, 0.1) is 10.8 Å². The summed E-state index contributed by atoms with van der Waals surface area (Å²) in [5, 5.41) is 3.07. The first-order valence-corrected chi connectivity index (χ1v) is 7.71. The lowest BCUT2D eigenvalue weighted by molar-refractivity contribution is -0.121. The highest BCUT2D eigenvalue weighted by Crippen LogP contribution is 2.32. The first kappa shape index (κ1) is 19.4. The molecule has 4 heteroatoms. The van der Waals surface area contributed by atoms with Gasteiger partial charge in [0.2, 0.25) is 5.91 Å². The molecule has 0 spiro atoms. The van der Waals surface area contributed by atoms with Gasteiger partial charge in [-0.25, -0.2) is 0 Å². The van der Waals surface area contributed by atoms with Gasteiger partial charge in [-0.2, -0.15) is 0 Å². The number of nitrogens with zero attached hydrogens (tertiary/aromatic N) is 1. The van der Waals surface area contributed by atoms with E-state index in [1.165, 1.54) is 0 Å². The number of carbonyl (C=O) groups is 1. The second kappa shape index (κ2) is 8.63. The number of nitrogens with two attached hydrogens (primary N) is 1. The summed E-state index contributed by atoms with van der Waals surface area (Å²) in [6.45, 7) is 14.4. The molecule has 0 aromatic rings. The van der Waals surface area contributed by atoms with Gasteiger partial charge in [0.05, 0.1) is 0 Å². The molecule has 0 heterocycles. The average molecular weight is 285 g/mol. The van der Waals surface area contributed by atoms with Crippen molar-refractivity contribution in [3.05, 3.63) is 0 Å². The number of nitrogens with one attached hydrogen (secondary N) is 1. The van der Waals surface area contributed by atoms with Crippen LogP contribution in [0.15, 0.2) is 0 Å². The third-order valence-corrected chi connectivity index (χ3v) is 3.24. The SMILES string of the molecule is CN(CCCN)CCC(=O)NCC(C)(C)CC(C)(C)C. The average Bonchev–Trinajstić information content (AvgIpc) is 2.28. The molecule has 0 aliphatic carbocycles. The Balaban J connectivity index is 3.92. The van der Waals surface area contributed by atoms with Crippen molar-refractivity contribution in [1.82, 2.24) is 10.2 Å². The Hall–Kier alpha value is -0.610. The highest BCUT2D eigenvalue weighted by atomic mass is 16.1. The van der Waals surface area contributed by atoms with E-state index in [0.717, 1.165) is 32.5 Å². The predicted octanol–water partition coefficient (Wildman–Crippen LogP) is 2.24. The van der Waals surface area contributed by atoms with Crippen molar-refractivity contribution in [2.75, 3.05) is 33.2 Å². The molecule has 0 radical (unpaired) electrons. The van der Waals surface area contributed by atoms with Crippen molar-refractivity contribution in [2.24, 2.45) is 16.6 Å².